The van der Waals surface area contributed by atoms with Crippen LogP contribution in [0, 0.1) is 0 Å². The van der Waals surface area contributed by atoms with Crippen LogP contribution in [0.15, 0.2) is 251 Å². The highest BCUT2D eigenvalue weighted by atomic mass is 16.3. The van der Waals surface area contributed by atoms with Gasteiger partial charge in [0.1, 0.15) is 22.3 Å². The van der Waals surface area contributed by atoms with Crippen LogP contribution in [0.1, 0.15) is 66.4 Å². The molecule has 0 saturated carbocycles. The highest BCUT2D eigenvalue weighted by molar-refractivity contribution is 7.00. The van der Waals surface area contributed by atoms with Gasteiger partial charge in [-0.3, -0.25) is 0 Å². The Labute approximate surface area is 481 Å². The van der Waals surface area contributed by atoms with Crippen LogP contribution >= 0.6 is 0 Å². The van der Waals surface area contributed by atoms with E-state index in [0.717, 1.165) is 122 Å². The number of nitrogens with zero attached hydrogens (tertiary/aromatic N) is 3. The molecule has 0 radical (unpaired) electrons. The van der Waals surface area contributed by atoms with Crippen molar-refractivity contribution in [3.63, 3.8) is 0 Å². The Morgan fingerprint density at radius 2 is 0.900 bits per heavy atom. The fourth-order valence-corrected chi connectivity index (χ4v) is 12.3. The van der Waals surface area contributed by atoms with Crippen LogP contribution in [0.25, 0.3) is 66.1 Å². The van der Waals surface area contributed by atoms with Crippen molar-refractivity contribution in [2.24, 2.45) is 0 Å². The lowest BCUT2D eigenvalue weighted by molar-refractivity contribution is 0.590. The Morgan fingerprint density at radius 3 is 1.46 bits per heavy atom. The minimum atomic E-state index is -0.644. The monoisotopic (exact) mass is 1040 g/mol. The zero-order valence-electron chi connectivity index (χ0n) is 55.1. The summed E-state index contributed by atoms with van der Waals surface area (Å²) in [5.41, 5.74) is 16.3. The van der Waals surface area contributed by atoms with Gasteiger partial charge >= 0.3 is 0 Å². The van der Waals surface area contributed by atoms with Crippen LogP contribution in [0.2, 0.25) is 0 Å². The first kappa shape index (κ1) is 38.1. The first-order valence-electron chi connectivity index (χ1n) is 32.1. The van der Waals surface area contributed by atoms with E-state index < -0.39 is 72.6 Å². The van der Waals surface area contributed by atoms with Gasteiger partial charge in [0.2, 0.25) is 0 Å². The van der Waals surface area contributed by atoms with E-state index in [4.69, 9.17) is 17.1 Å². The third kappa shape index (κ3) is 7.61. The summed E-state index contributed by atoms with van der Waals surface area (Å²) in [6.07, 6.45) is 0. The topological polar surface area (TPSA) is 36.0 Å². The number of fused-ring (bicyclic) bond motifs is 10. The van der Waals surface area contributed by atoms with E-state index in [1.54, 1.807) is 6.07 Å². The fourth-order valence-electron chi connectivity index (χ4n) is 12.3. The maximum Gasteiger partial charge on any atom is 0.252 e. The summed E-state index contributed by atoms with van der Waals surface area (Å²) in [7, 11) is 0. The number of hydrogen-bond donors (Lipinski definition) is 0. The highest BCUT2D eigenvalue weighted by Gasteiger charge is 2.45. The van der Waals surface area contributed by atoms with Crippen LogP contribution in [-0.2, 0) is 10.8 Å². The number of para-hydroxylation sites is 4. The van der Waals surface area contributed by atoms with Crippen molar-refractivity contribution < 1.29 is 22.5 Å². The van der Waals surface area contributed by atoms with Crippen molar-refractivity contribution in [2.75, 3.05) is 14.7 Å². The molecule has 0 N–H and O–H groups in total. The van der Waals surface area contributed by atoms with E-state index >= 15 is 0 Å². The minimum absolute atomic E-state index is 0.195. The van der Waals surface area contributed by atoms with E-state index in [1.165, 1.54) is 4.90 Å². The number of benzene rings is 11. The molecule has 0 aliphatic carbocycles. The van der Waals surface area contributed by atoms with Crippen molar-refractivity contribution in [3.8, 4) is 22.3 Å². The molecule has 2 aliphatic rings. The van der Waals surface area contributed by atoms with Crippen molar-refractivity contribution in [2.45, 2.75) is 52.4 Å². The zero-order valence-corrected chi connectivity index (χ0v) is 45.1. The predicted molar refractivity (Wildman–Crippen MR) is 338 cm³/mol. The average Bonchev–Trinajstić information content (AvgIpc) is 0.861. The summed E-state index contributed by atoms with van der Waals surface area (Å²) in [5.74, 6) is 0. The van der Waals surface area contributed by atoms with Gasteiger partial charge in [0.25, 0.3) is 6.71 Å². The van der Waals surface area contributed by atoms with Gasteiger partial charge in [-0.25, -0.2) is 0 Å². The van der Waals surface area contributed by atoms with Gasteiger partial charge in [0.05, 0.1) is 13.7 Å². The summed E-state index contributed by atoms with van der Waals surface area (Å²) in [6, 6.07) is 56.5. The third-order valence-corrected chi connectivity index (χ3v) is 16.1. The van der Waals surface area contributed by atoms with Crippen molar-refractivity contribution in [1.29, 1.82) is 0 Å². The number of hydrogen-bond acceptors (Lipinski definition) is 5. The van der Waals surface area contributed by atoms with E-state index in [2.05, 4.69) is 154 Å². The normalized spacial score (nSPS) is 14.8. The van der Waals surface area contributed by atoms with Gasteiger partial charge < -0.3 is 23.5 Å². The molecule has 0 spiro atoms. The summed E-state index contributed by atoms with van der Waals surface area (Å²) in [5, 5.41) is 4.08. The molecule has 80 heavy (non-hydrogen) atoms. The Kier molecular flexibility index (Phi) is 8.59. The molecule has 13 aromatic rings. The Bertz CT molecular complexity index is 5080. The Balaban J connectivity index is 1.03. The third-order valence-electron chi connectivity index (χ3n) is 16.1. The molecule has 5 nitrogen and oxygen atoms in total. The second-order valence-electron chi connectivity index (χ2n) is 23.0. The number of anilines is 9. The maximum absolute atomic E-state index is 9.42. The lowest BCUT2D eigenvalue weighted by atomic mass is 9.33. The van der Waals surface area contributed by atoms with Crippen LogP contribution < -0.4 is 31.1 Å². The molecule has 0 atom stereocenters. The molecular weight excluding hydrogens is 974 g/mol. The molecular formula is C74H58BN3O2. The summed E-state index contributed by atoms with van der Waals surface area (Å²) >= 11 is 0. The molecule has 0 saturated heterocycles. The molecule has 0 unspecified atom stereocenters. The molecule has 384 valence electrons. The smallest absolute Gasteiger partial charge is 0.252 e. The van der Waals surface area contributed by atoms with Gasteiger partial charge in [-0.05, 0) is 164 Å². The fraction of sp³-hybridized carbons (Fsp3) is 0.108. The molecule has 15 rings (SSSR count). The maximum atomic E-state index is 9.42. The van der Waals surface area contributed by atoms with Crippen molar-refractivity contribution in [3.05, 3.63) is 254 Å². The van der Waals surface area contributed by atoms with Crippen LogP contribution in [0.5, 0.6) is 0 Å². The zero-order chi connectivity index (χ0) is 62.7. The summed E-state index contributed by atoms with van der Waals surface area (Å²) in [4.78, 5) is 5.86. The molecule has 11 aromatic carbocycles. The van der Waals surface area contributed by atoms with Gasteiger partial charge in [-0.1, -0.05) is 181 Å². The number of furan rings is 2. The second kappa shape index (κ2) is 18.0. The van der Waals surface area contributed by atoms with Gasteiger partial charge in [-0.15, -0.1) is 0 Å². The summed E-state index contributed by atoms with van der Waals surface area (Å²) < 4.78 is 103. The van der Waals surface area contributed by atoms with E-state index in [-0.39, 0.29) is 22.5 Å². The largest absolute Gasteiger partial charge is 0.456 e. The molecule has 2 aliphatic heterocycles. The molecule has 6 heteroatoms. The number of rotatable bonds is 7. The average molecular weight is 1040 g/mol. The molecule has 0 bridgehead atoms. The lowest BCUT2D eigenvalue weighted by Gasteiger charge is -2.45. The first-order valence-corrected chi connectivity index (χ1v) is 27.1. The molecule has 4 heterocycles. The highest BCUT2D eigenvalue weighted by Crippen LogP contribution is 2.49. The Hall–Kier alpha value is -9.52. The van der Waals surface area contributed by atoms with Gasteiger partial charge in [0, 0.05) is 72.7 Å². The van der Waals surface area contributed by atoms with Gasteiger partial charge in [0.15, 0.2) is 0 Å². The quantitative estimate of drug-likeness (QED) is 0.149. The predicted octanol–water partition coefficient (Wildman–Crippen LogP) is 19.0. The van der Waals surface area contributed by atoms with Crippen molar-refractivity contribution in [1.82, 2.24) is 0 Å². The van der Waals surface area contributed by atoms with Crippen LogP contribution in [-0.4, -0.2) is 6.71 Å². The van der Waals surface area contributed by atoms with Crippen LogP contribution in [0.3, 0.4) is 0 Å². The van der Waals surface area contributed by atoms with E-state index in [9.17, 15) is 5.48 Å². The van der Waals surface area contributed by atoms with E-state index in [1.807, 2.05) is 72.8 Å². The SMILES string of the molecule is [2H]c1c([2H])c([2H])c(N(c2ccc3c(c2)N(c2ccc(C(C)(C)C)cc2)c2cc(C(C)(C)C)cc4c2B3c2cc(-c3cccc5oc6ccccc6c35)ccc2N4c2ccc(-c3cccc4oc5ccccc5c34)cc2)c2c([2H])c([2H])c([2H])c([2H])c2[2H])c([2H])c1[2H]. The first-order chi connectivity index (χ1) is 43.1. The van der Waals surface area contributed by atoms with Crippen molar-refractivity contribution >= 4 is 118 Å². The second-order valence-corrected chi connectivity index (χ2v) is 23.0. The van der Waals surface area contributed by atoms with E-state index in [0.29, 0.717) is 5.69 Å². The molecule has 2 aromatic heterocycles. The minimum Gasteiger partial charge on any atom is -0.456 e. The Morgan fingerprint density at radius 1 is 0.400 bits per heavy atom. The molecule has 0 amide bonds. The lowest BCUT2D eigenvalue weighted by Crippen LogP contribution is -2.61. The van der Waals surface area contributed by atoms with Crippen LogP contribution in [0.4, 0.5) is 51.2 Å². The van der Waals surface area contributed by atoms with Gasteiger partial charge in [-0.2, -0.15) is 0 Å². The standard InChI is InChI=1S/C74H58BN3O2/c1-73(2,3)49-34-38-54(39-35-49)78-63-46-55(76(51-19-9-7-10-20-51)52-21-11-8-12-22-52)40-41-60(63)75-61-43-48(57-26-18-30-69-71(57)59-24-14-16-28-67(59)80-69)33-42-62(61)77(64-44-50(74(4,5)6)45-65(78)72(64)75)53-36-31-47(32-37-53)56-25-17-29-68-70(56)58-23-13-15-27-66(58)79-68/h7-46H,1-6H3/i7D,8D,9D,10D,11D,12D,19D,20D,21D,22D. The summed E-state index contributed by atoms with van der Waals surface area (Å²) in [6.45, 7) is 12.7. The molecule has 0 fully saturated rings.